The zero-order valence-corrected chi connectivity index (χ0v) is 10.2. The van der Waals surface area contributed by atoms with Gasteiger partial charge >= 0.3 is 0 Å². The molecule has 1 saturated heterocycles. The number of phenolic OH excluding ortho intramolecular Hbond substituents is 1. The number of aromatic hydroxyl groups is 1. The molecule has 3 rings (SSSR count). The molecule has 1 aromatic carbocycles. The van der Waals surface area contributed by atoms with E-state index in [9.17, 15) is 5.11 Å². The standard InChI is InChI=1S/C14H20N2O/c17-14-5-4-11-2-1-3-12(11)13(14)10-16-8-6-15-7-9-16/h4-5,15,17H,1-3,6-10H2. The molecule has 92 valence electrons. The summed E-state index contributed by atoms with van der Waals surface area (Å²) in [6, 6.07) is 3.97. The predicted molar refractivity (Wildman–Crippen MR) is 68.3 cm³/mol. The highest BCUT2D eigenvalue weighted by Gasteiger charge is 2.20. The lowest BCUT2D eigenvalue weighted by molar-refractivity contribution is 0.230. The molecule has 17 heavy (non-hydrogen) atoms. The monoisotopic (exact) mass is 232 g/mol. The fourth-order valence-electron chi connectivity index (χ4n) is 3.00. The smallest absolute Gasteiger partial charge is 0.120 e. The number of hydrogen-bond acceptors (Lipinski definition) is 3. The second-order valence-electron chi connectivity index (χ2n) is 5.08. The molecule has 1 aromatic rings. The summed E-state index contributed by atoms with van der Waals surface area (Å²) in [5, 5.41) is 13.4. The predicted octanol–water partition coefficient (Wildman–Crippen LogP) is 1.29. The van der Waals surface area contributed by atoms with Gasteiger partial charge in [-0.1, -0.05) is 6.07 Å². The fraction of sp³-hybridized carbons (Fsp3) is 0.571. The summed E-state index contributed by atoms with van der Waals surface area (Å²) >= 11 is 0. The van der Waals surface area contributed by atoms with Gasteiger partial charge in [0.2, 0.25) is 0 Å². The van der Waals surface area contributed by atoms with Crippen molar-refractivity contribution in [3.05, 3.63) is 28.8 Å². The van der Waals surface area contributed by atoms with Crippen LogP contribution < -0.4 is 5.32 Å². The van der Waals surface area contributed by atoms with E-state index in [4.69, 9.17) is 0 Å². The summed E-state index contributed by atoms with van der Waals surface area (Å²) in [6.45, 7) is 5.22. The van der Waals surface area contributed by atoms with E-state index in [1.54, 1.807) is 0 Å². The summed E-state index contributed by atoms with van der Waals surface area (Å²) in [5.41, 5.74) is 4.05. The highest BCUT2D eigenvalue weighted by atomic mass is 16.3. The first-order chi connectivity index (χ1) is 8.34. The Balaban J connectivity index is 1.84. The first kappa shape index (κ1) is 11.1. The normalized spacial score (nSPS) is 20.5. The highest BCUT2D eigenvalue weighted by molar-refractivity contribution is 5.46. The Morgan fingerprint density at radius 1 is 1.18 bits per heavy atom. The second kappa shape index (κ2) is 4.67. The molecule has 1 fully saturated rings. The summed E-state index contributed by atoms with van der Waals surface area (Å²) in [4.78, 5) is 2.43. The van der Waals surface area contributed by atoms with Crippen LogP contribution in [0.1, 0.15) is 23.1 Å². The number of nitrogens with one attached hydrogen (secondary N) is 1. The fourth-order valence-corrected chi connectivity index (χ4v) is 3.00. The van der Waals surface area contributed by atoms with Gasteiger partial charge in [-0.2, -0.15) is 0 Å². The topological polar surface area (TPSA) is 35.5 Å². The Bertz CT molecular complexity index is 411. The maximum atomic E-state index is 10.1. The Kier molecular flexibility index (Phi) is 3.04. The number of benzene rings is 1. The van der Waals surface area contributed by atoms with E-state index in [-0.39, 0.29) is 0 Å². The SMILES string of the molecule is Oc1ccc2c(c1CN1CCNCC1)CCC2. The van der Waals surface area contributed by atoms with Crippen molar-refractivity contribution in [3.63, 3.8) is 0 Å². The van der Waals surface area contributed by atoms with Gasteiger partial charge in [0.05, 0.1) is 0 Å². The Morgan fingerprint density at radius 2 is 2.00 bits per heavy atom. The van der Waals surface area contributed by atoms with Crippen LogP contribution >= 0.6 is 0 Å². The molecule has 0 unspecified atom stereocenters. The molecule has 3 heteroatoms. The summed E-state index contributed by atoms with van der Waals surface area (Å²) in [6.07, 6.45) is 3.57. The molecule has 0 saturated carbocycles. The number of piperazine rings is 1. The second-order valence-corrected chi connectivity index (χ2v) is 5.08. The van der Waals surface area contributed by atoms with Gasteiger partial charge in [-0.05, 0) is 36.5 Å². The summed E-state index contributed by atoms with van der Waals surface area (Å²) in [7, 11) is 0. The minimum absolute atomic E-state index is 0.490. The number of hydrogen-bond donors (Lipinski definition) is 2. The van der Waals surface area contributed by atoms with E-state index in [0.29, 0.717) is 5.75 Å². The average Bonchev–Trinajstić information content (AvgIpc) is 2.83. The van der Waals surface area contributed by atoms with Crippen molar-refractivity contribution in [2.45, 2.75) is 25.8 Å². The lowest BCUT2D eigenvalue weighted by atomic mass is 10.0. The molecule has 0 atom stereocenters. The minimum atomic E-state index is 0.490. The molecule has 1 aliphatic heterocycles. The molecular formula is C14H20N2O. The number of rotatable bonds is 2. The van der Waals surface area contributed by atoms with Crippen LogP contribution in [0.5, 0.6) is 5.75 Å². The van der Waals surface area contributed by atoms with E-state index in [2.05, 4.69) is 16.3 Å². The highest BCUT2D eigenvalue weighted by Crippen LogP contribution is 2.32. The molecule has 2 N–H and O–H groups in total. The van der Waals surface area contributed by atoms with Crippen molar-refractivity contribution < 1.29 is 5.11 Å². The zero-order chi connectivity index (χ0) is 11.7. The van der Waals surface area contributed by atoms with Crippen LogP contribution in [-0.2, 0) is 19.4 Å². The third-order valence-electron chi connectivity index (χ3n) is 3.97. The van der Waals surface area contributed by atoms with Crippen LogP contribution in [-0.4, -0.2) is 36.2 Å². The molecule has 3 nitrogen and oxygen atoms in total. The first-order valence-electron chi connectivity index (χ1n) is 6.60. The van der Waals surface area contributed by atoms with Crippen molar-refractivity contribution in [1.82, 2.24) is 10.2 Å². The van der Waals surface area contributed by atoms with E-state index in [1.807, 2.05) is 6.07 Å². The minimum Gasteiger partial charge on any atom is -0.508 e. The van der Waals surface area contributed by atoms with Crippen LogP contribution in [0.4, 0.5) is 0 Å². The number of fused-ring (bicyclic) bond motifs is 1. The van der Waals surface area contributed by atoms with Crippen LogP contribution in [0.3, 0.4) is 0 Å². The number of nitrogens with zero attached hydrogens (tertiary/aromatic N) is 1. The molecule has 1 heterocycles. The van der Waals surface area contributed by atoms with Gasteiger partial charge in [0.15, 0.2) is 0 Å². The Labute approximate surface area is 102 Å². The van der Waals surface area contributed by atoms with E-state index < -0.39 is 0 Å². The van der Waals surface area contributed by atoms with Crippen LogP contribution in [0.15, 0.2) is 12.1 Å². The summed E-state index contributed by atoms with van der Waals surface area (Å²) < 4.78 is 0. The van der Waals surface area contributed by atoms with Crippen LogP contribution in [0, 0.1) is 0 Å². The number of phenols is 1. The molecule has 0 amide bonds. The molecular weight excluding hydrogens is 212 g/mol. The Morgan fingerprint density at radius 3 is 2.82 bits per heavy atom. The van der Waals surface area contributed by atoms with Gasteiger partial charge < -0.3 is 10.4 Å². The van der Waals surface area contributed by atoms with Crippen LogP contribution in [0.2, 0.25) is 0 Å². The third-order valence-corrected chi connectivity index (χ3v) is 3.97. The quantitative estimate of drug-likeness (QED) is 0.806. The molecule has 0 aromatic heterocycles. The molecule has 0 bridgehead atoms. The van der Waals surface area contributed by atoms with E-state index in [1.165, 1.54) is 29.5 Å². The lowest BCUT2D eigenvalue weighted by Crippen LogP contribution is -2.43. The first-order valence-corrected chi connectivity index (χ1v) is 6.60. The van der Waals surface area contributed by atoms with Gasteiger partial charge in [-0.3, -0.25) is 4.90 Å². The largest absolute Gasteiger partial charge is 0.508 e. The van der Waals surface area contributed by atoms with Gasteiger partial charge in [-0.15, -0.1) is 0 Å². The van der Waals surface area contributed by atoms with Crippen molar-refractivity contribution >= 4 is 0 Å². The van der Waals surface area contributed by atoms with Crippen molar-refractivity contribution in [3.8, 4) is 5.75 Å². The molecule has 0 spiro atoms. The van der Waals surface area contributed by atoms with E-state index in [0.717, 1.165) is 39.1 Å². The van der Waals surface area contributed by atoms with Crippen molar-refractivity contribution in [1.29, 1.82) is 0 Å². The van der Waals surface area contributed by atoms with Crippen molar-refractivity contribution in [2.24, 2.45) is 0 Å². The maximum Gasteiger partial charge on any atom is 0.120 e. The number of aryl methyl sites for hydroxylation is 1. The average molecular weight is 232 g/mol. The maximum absolute atomic E-state index is 10.1. The molecule has 0 radical (unpaired) electrons. The van der Waals surface area contributed by atoms with Gasteiger partial charge in [-0.25, -0.2) is 0 Å². The Hall–Kier alpha value is -1.06. The lowest BCUT2D eigenvalue weighted by Gasteiger charge is -2.28. The van der Waals surface area contributed by atoms with Gasteiger partial charge in [0, 0.05) is 38.3 Å². The van der Waals surface area contributed by atoms with Gasteiger partial charge in [0.1, 0.15) is 5.75 Å². The van der Waals surface area contributed by atoms with Crippen LogP contribution in [0.25, 0.3) is 0 Å². The van der Waals surface area contributed by atoms with Gasteiger partial charge in [0.25, 0.3) is 0 Å². The van der Waals surface area contributed by atoms with Crippen molar-refractivity contribution in [2.75, 3.05) is 26.2 Å². The third kappa shape index (κ3) is 2.17. The molecule has 1 aliphatic carbocycles. The summed E-state index contributed by atoms with van der Waals surface area (Å²) in [5.74, 6) is 0.490. The molecule has 2 aliphatic rings. The van der Waals surface area contributed by atoms with E-state index >= 15 is 0 Å². The zero-order valence-electron chi connectivity index (χ0n) is 10.2.